The molecule has 3 nitrogen and oxygen atoms in total. The minimum atomic E-state index is -0.238. The fourth-order valence-electron chi connectivity index (χ4n) is 1.48. The standard InChI is InChI=1S/C12H14BrCl2NO2/c1-16(6-9(14)7-18-2)12(17)10-4-3-8(13)5-11(10)15/h3-5,9H,6-7H2,1-2H3. The molecule has 1 aromatic rings. The Morgan fingerprint density at radius 3 is 2.78 bits per heavy atom. The Labute approximate surface area is 125 Å². The van der Waals surface area contributed by atoms with Gasteiger partial charge in [-0.15, -0.1) is 11.6 Å². The zero-order chi connectivity index (χ0) is 13.7. The summed E-state index contributed by atoms with van der Waals surface area (Å²) in [6.07, 6.45) is 0. The number of hydrogen-bond donors (Lipinski definition) is 0. The maximum absolute atomic E-state index is 12.1. The van der Waals surface area contributed by atoms with Crippen molar-refractivity contribution in [3.05, 3.63) is 33.3 Å². The number of alkyl halides is 1. The first-order valence-corrected chi connectivity index (χ1v) is 6.90. The lowest BCUT2D eigenvalue weighted by Crippen LogP contribution is -2.34. The average Bonchev–Trinajstić information content (AvgIpc) is 2.28. The maximum Gasteiger partial charge on any atom is 0.255 e. The number of carbonyl (C=O) groups excluding carboxylic acids is 1. The summed E-state index contributed by atoms with van der Waals surface area (Å²) < 4.78 is 5.76. The first-order valence-electron chi connectivity index (χ1n) is 5.29. The Hall–Kier alpha value is -0.290. The predicted molar refractivity (Wildman–Crippen MR) is 77.6 cm³/mol. The summed E-state index contributed by atoms with van der Waals surface area (Å²) in [6.45, 7) is 0.799. The van der Waals surface area contributed by atoms with E-state index in [1.54, 1.807) is 32.4 Å². The van der Waals surface area contributed by atoms with Crippen LogP contribution in [-0.2, 0) is 4.74 Å². The average molecular weight is 355 g/mol. The number of hydrogen-bond acceptors (Lipinski definition) is 2. The molecule has 1 amide bonds. The van der Waals surface area contributed by atoms with Gasteiger partial charge < -0.3 is 9.64 Å². The van der Waals surface area contributed by atoms with Crippen LogP contribution in [0, 0.1) is 0 Å². The molecule has 0 saturated heterocycles. The van der Waals surface area contributed by atoms with Gasteiger partial charge in [0, 0.05) is 25.2 Å². The predicted octanol–water partition coefficient (Wildman–Crippen LogP) is 3.43. The van der Waals surface area contributed by atoms with E-state index in [-0.39, 0.29) is 11.3 Å². The summed E-state index contributed by atoms with van der Waals surface area (Å²) in [7, 11) is 3.26. The van der Waals surface area contributed by atoms with Crippen LogP contribution in [0.15, 0.2) is 22.7 Å². The first kappa shape index (κ1) is 15.8. The van der Waals surface area contributed by atoms with Crippen LogP contribution < -0.4 is 0 Å². The van der Waals surface area contributed by atoms with Crippen molar-refractivity contribution in [2.75, 3.05) is 27.3 Å². The van der Waals surface area contributed by atoms with Gasteiger partial charge in [0.05, 0.1) is 22.6 Å². The van der Waals surface area contributed by atoms with Crippen molar-refractivity contribution in [2.24, 2.45) is 0 Å². The van der Waals surface area contributed by atoms with Crippen molar-refractivity contribution in [3.8, 4) is 0 Å². The van der Waals surface area contributed by atoms with Gasteiger partial charge in [0.25, 0.3) is 5.91 Å². The first-order chi connectivity index (χ1) is 8.45. The third-order valence-corrected chi connectivity index (χ3v) is 3.40. The summed E-state index contributed by atoms with van der Waals surface area (Å²) in [5.41, 5.74) is 0.462. The topological polar surface area (TPSA) is 29.5 Å². The summed E-state index contributed by atoms with van der Waals surface area (Å²) in [4.78, 5) is 13.7. The molecule has 0 aliphatic heterocycles. The fourth-order valence-corrected chi connectivity index (χ4v) is 2.57. The van der Waals surface area contributed by atoms with Crippen molar-refractivity contribution < 1.29 is 9.53 Å². The zero-order valence-corrected chi connectivity index (χ0v) is 13.2. The van der Waals surface area contributed by atoms with Crippen LogP contribution in [-0.4, -0.2) is 43.5 Å². The van der Waals surface area contributed by atoms with Crippen LogP contribution in [0.3, 0.4) is 0 Å². The highest BCUT2D eigenvalue weighted by atomic mass is 79.9. The molecule has 0 radical (unpaired) electrons. The minimum Gasteiger partial charge on any atom is -0.383 e. The molecule has 0 heterocycles. The Morgan fingerprint density at radius 2 is 2.22 bits per heavy atom. The molecule has 1 rings (SSSR count). The lowest BCUT2D eigenvalue weighted by molar-refractivity contribution is 0.0782. The lowest BCUT2D eigenvalue weighted by atomic mass is 10.2. The summed E-state index contributed by atoms with van der Waals surface area (Å²) in [6, 6.07) is 5.15. The van der Waals surface area contributed by atoms with Gasteiger partial charge in [0.2, 0.25) is 0 Å². The van der Waals surface area contributed by atoms with Gasteiger partial charge in [-0.1, -0.05) is 27.5 Å². The molecule has 1 atom stereocenters. The van der Waals surface area contributed by atoms with Crippen molar-refractivity contribution in [1.29, 1.82) is 0 Å². The van der Waals surface area contributed by atoms with E-state index in [0.29, 0.717) is 23.7 Å². The van der Waals surface area contributed by atoms with Crippen LogP contribution in [0.25, 0.3) is 0 Å². The molecule has 18 heavy (non-hydrogen) atoms. The number of amides is 1. The highest BCUT2D eigenvalue weighted by Gasteiger charge is 2.17. The minimum absolute atomic E-state index is 0.158. The Kier molecular flexibility index (Phi) is 6.43. The highest BCUT2D eigenvalue weighted by Crippen LogP contribution is 2.22. The van der Waals surface area contributed by atoms with Gasteiger partial charge in [-0.2, -0.15) is 0 Å². The van der Waals surface area contributed by atoms with Crippen LogP contribution >= 0.6 is 39.1 Å². The van der Waals surface area contributed by atoms with E-state index in [2.05, 4.69) is 15.9 Å². The molecule has 1 aromatic carbocycles. The van der Waals surface area contributed by atoms with E-state index >= 15 is 0 Å². The van der Waals surface area contributed by atoms with E-state index < -0.39 is 0 Å². The molecule has 1 unspecified atom stereocenters. The molecule has 6 heteroatoms. The molecule has 0 saturated carbocycles. The van der Waals surface area contributed by atoms with Crippen LogP contribution in [0.1, 0.15) is 10.4 Å². The molecular weight excluding hydrogens is 341 g/mol. The maximum atomic E-state index is 12.1. The van der Waals surface area contributed by atoms with Crippen molar-refractivity contribution in [3.63, 3.8) is 0 Å². The molecule has 0 bridgehead atoms. The largest absolute Gasteiger partial charge is 0.383 e. The smallest absolute Gasteiger partial charge is 0.255 e. The number of nitrogens with zero attached hydrogens (tertiary/aromatic N) is 1. The fraction of sp³-hybridized carbons (Fsp3) is 0.417. The summed E-state index contributed by atoms with van der Waals surface area (Å²) in [5.74, 6) is -0.158. The molecule has 0 N–H and O–H groups in total. The molecular formula is C12H14BrCl2NO2. The number of benzene rings is 1. The Morgan fingerprint density at radius 1 is 1.56 bits per heavy atom. The zero-order valence-electron chi connectivity index (χ0n) is 10.1. The number of carbonyl (C=O) groups is 1. The van der Waals surface area contributed by atoms with Gasteiger partial charge in [0.15, 0.2) is 0 Å². The summed E-state index contributed by atoms with van der Waals surface area (Å²) in [5, 5.41) is 0.178. The molecule has 0 aliphatic rings. The highest BCUT2D eigenvalue weighted by molar-refractivity contribution is 9.10. The third kappa shape index (κ3) is 4.43. The van der Waals surface area contributed by atoms with Crippen LogP contribution in [0.4, 0.5) is 0 Å². The van der Waals surface area contributed by atoms with Crippen LogP contribution in [0.5, 0.6) is 0 Å². The van der Waals surface area contributed by atoms with Crippen molar-refractivity contribution >= 4 is 45.0 Å². The molecule has 0 spiro atoms. The summed E-state index contributed by atoms with van der Waals surface area (Å²) >= 11 is 15.3. The quantitative estimate of drug-likeness (QED) is 0.758. The van der Waals surface area contributed by atoms with E-state index in [0.717, 1.165) is 4.47 Å². The normalized spacial score (nSPS) is 12.3. The Bertz CT molecular complexity index is 429. The number of ether oxygens (including phenoxy) is 1. The van der Waals surface area contributed by atoms with E-state index in [1.165, 1.54) is 4.90 Å². The molecule has 0 aliphatic carbocycles. The third-order valence-electron chi connectivity index (χ3n) is 2.33. The Balaban J connectivity index is 2.74. The number of halogens is 3. The molecule has 0 fully saturated rings. The van der Waals surface area contributed by atoms with Gasteiger partial charge in [-0.05, 0) is 18.2 Å². The van der Waals surface area contributed by atoms with Gasteiger partial charge in [0.1, 0.15) is 0 Å². The van der Waals surface area contributed by atoms with Gasteiger partial charge in [-0.25, -0.2) is 0 Å². The van der Waals surface area contributed by atoms with Crippen molar-refractivity contribution in [1.82, 2.24) is 4.90 Å². The SMILES string of the molecule is COCC(Cl)CN(C)C(=O)c1ccc(Br)cc1Cl. The van der Waals surface area contributed by atoms with E-state index in [9.17, 15) is 4.79 Å². The van der Waals surface area contributed by atoms with E-state index in [4.69, 9.17) is 27.9 Å². The monoisotopic (exact) mass is 353 g/mol. The van der Waals surface area contributed by atoms with Gasteiger partial charge in [-0.3, -0.25) is 4.79 Å². The molecule has 0 aromatic heterocycles. The van der Waals surface area contributed by atoms with Gasteiger partial charge >= 0.3 is 0 Å². The molecule has 100 valence electrons. The van der Waals surface area contributed by atoms with E-state index in [1.807, 2.05) is 0 Å². The second-order valence-electron chi connectivity index (χ2n) is 3.86. The lowest BCUT2D eigenvalue weighted by Gasteiger charge is -2.20. The second kappa shape index (κ2) is 7.34. The van der Waals surface area contributed by atoms with Crippen LogP contribution in [0.2, 0.25) is 5.02 Å². The number of methoxy groups -OCH3 is 1. The number of rotatable bonds is 5. The second-order valence-corrected chi connectivity index (χ2v) is 5.80. The van der Waals surface area contributed by atoms with Crippen molar-refractivity contribution in [2.45, 2.75) is 5.38 Å².